The molecule has 0 radical (unpaired) electrons. The van der Waals surface area contributed by atoms with E-state index in [9.17, 15) is 9.59 Å². The first-order valence-corrected chi connectivity index (χ1v) is 7.53. The Bertz CT molecular complexity index is 550. The minimum atomic E-state index is -0.945. The molecule has 0 saturated carbocycles. The molecule has 0 unspecified atom stereocenters. The largest absolute Gasteiger partial charge is 0.477 e. The molecule has 2 aromatic heterocycles. The highest BCUT2D eigenvalue weighted by atomic mass is 32.2. The van der Waals surface area contributed by atoms with Gasteiger partial charge in [-0.2, -0.15) is 0 Å². The topological polar surface area (TPSA) is 79.3 Å². The number of amides is 1. The van der Waals surface area contributed by atoms with Gasteiger partial charge in [0, 0.05) is 21.9 Å². The van der Waals surface area contributed by atoms with Gasteiger partial charge in [0.05, 0.1) is 5.75 Å². The van der Waals surface area contributed by atoms with Crippen molar-refractivity contribution in [1.29, 1.82) is 0 Å². The number of nitrogens with one attached hydrogen (secondary N) is 1. The second-order valence-electron chi connectivity index (χ2n) is 3.13. The summed E-state index contributed by atoms with van der Waals surface area (Å²) in [5, 5.41) is 15.5. The third kappa shape index (κ3) is 3.56. The number of hydrogen-bond donors (Lipinski definition) is 2. The highest BCUT2D eigenvalue weighted by molar-refractivity contribution is 8.00. The van der Waals surface area contributed by atoms with Crippen molar-refractivity contribution in [2.45, 2.75) is 4.90 Å². The number of rotatable bonds is 5. The molecule has 0 bridgehead atoms. The number of carboxylic acids is 1. The number of nitrogens with zero attached hydrogens (tertiary/aromatic N) is 1. The molecule has 2 N–H and O–H groups in total. The van der Waals surface area contributed by atoms with Crippen molar-refractivity contribution >= 4 is 51.4 Å². The summed E-state index contributed by atoms with van der Waals surface area (Å²) in [5.41, 5.74) is 0. The van der Waals surface area contributed by atoms with E-state index in [1.165, 1.54) is 23.1 Å². The summed E-state index contributed by atoms with van der Waals surface area (Å²) in [6.45, 7) is 0. The summed E-state index contributed by atoms with van der Waals surface area (Å²) < 4.78 is 0. The van der Waals surface area contributed by atoms with E-state index in [-0.39, 0.29) is 16.5 Å². The van der Waals surface area contributed by atoms with Crippen LogP contribution in [0.25, 0.3) is 0 Å². The molecule has 2 rings (SSSR count). The maximum absolute atomic E-state index is 11.5. The lowest BCUT2D eigenvalue weighted by molar-refractivity contribution is -0.113. The number of thiophene rings is 1. The number of carbonyl (C=O) groups is 2. The summed E-state index contributed by atoms with van der Waals surface area (Å²) in [5.74, 6) is -0.868. The number of thiazole rings is 1. The van der Waals surface area contributed by atoms with Gasteiger partial charge < -0.3 is 10.4 Å². The van der Waals surface area contributed by atoms with Crippen LogP contribution in [0.1, 0.15) is 9.67 Å². The second kappa shape index (κ2) is 5.98. The van der Waals surface area contributed by atoms with Crippen LogP contribution in [0.3, 0.4) is 0 Å². The Morgan fingerprint density at radius 1 is 1.44 bits per heavy atom. The fourth-order valence-corrected chi connectivity index (χ4v) is 3.31. The lowest BCUT2D eigenvalue weighted by Gasteiger charge is -1.99. The molecule has 94 valence electrons. The van der Waals surface area contributed by atoms with Crippen molar-refractivity contribution in [2.24, 2.45) is 0 Å². The number of hydrogen-bond acceptors (Lipinski definition) is 6. The molecule has 2 heterocycles. The van der Waals surface area contributed by atoms with Gasteiger partial charge in [-0.15, -0.1) is 34.4 Å². The zero-order chi connectivity index (χ0) is 13.0. The monoisotopic (exact) mass is 300 g/mol. The summed E-state index contributed by atoms with van der Waals surface area (Å²) >= 11 is 3.81. The third-order valence-electron chi connectivity index (χ3n) is 1.83. The first kappa shape index (κ1) is 13.1. The first-order valence-electron chi connectivity index (χ1n) is 4.79. The fourth-order valence-electron chi connectivity index (χ4n) is 1.10. The molecule has 0 spiro atoms. The summed E-state index contributed by atoms with van der Waals surface area (Å²) in [4.78, 5) is 27.2. The normalized spacial score (nSPS) is 10.2. The standard InChI is InChI=1S/C10H8N2O3S3/c13-8(12-10-11-1-2-16-10)5-17-6-3-7(9(14)15)18-4-6/h1-4H,5H2,(H,14,15)(H,11,12,13). The lowest BCUT2D eigenvalue weighted by Crippen LogP contribution is -2.13. The van der Waals surface area contributed by atoms with Crippen LogP contribution in [-0.2, 0) is 4.79 Å². The van der Waals surface area contributed by atoms with Gasteiger partial charge in [-0.25, -0.2) is 9.78 Å². The second-order valence-corrected chi connectivity index (χ2v) is 5.98. The van der Waals surface area contributed by atoms with E-state index in [1.54, 1.807) is 23.0 Å². The van der Waals surface area contributed by atoms with Gasteiger partial charge >= 0.3 is 5.97 Å². The average molecular weight is 300 g/mol. The Kier molecular flexibility index (Phi) is 4.34. The maximum atomic E-state index is 11.5. The van der Waals surface area contributed by atoms with Crippen LogP contribution in [0.4, 0.5) is 5.13 Å². The summed E-state index contributed by atoms with van der Waals surface area (Å²) in [6, 6.07) is 1.56. The molecular formula is C10H8N2O3S3. The van der Waals surface area contributed by atoms with E-state index in [1.807, 2.05) is 0 Å². The summed E-state index contributed by atoms with van der Waals surface area (Å²) in [6.07, 6.45) is 1.62. The average Bonchev–Trinajstić information content (AvgIpc) is 2.96. The zero-order valence-electron chi connectivity index (χ0n) is 8.95. The molecule has 0 saturated heterocycles. The number of aromatic carboxylic acids is 1. The van der Waals surface area contributed by atoms with Crippen molar-refractivity contribution < 1.29 is 14.7 Å². The molecule has 0 aromatic carbocycles. The van der Waals surface area contributed by atoms with Crippen LogP contribution in [0.5, 0.6) is 0 Å². The predicted octanol–water partition coefficient (Wildman–Crippen LogP) is 2.63. The minimum absolute atomic E-state index is 0.155. The van der Waals surface area contributed by atoms with E-state index < -0.39 is 5.97 Å². The van der Waals surface area contributed by atoms with E-state index >= 15 is 0 Å². The van der Waals surface area contributed by atoms with Crippen LogP contribution in [-0.4, -0.2) is 27.7 Å². The van der Waals surface area contributed by atoms with Crippen molar-refractivity contribution in [2.75, 3.05) is 11.1 Å². The van der Waals surface area contributed by atoms with Crippen molar-refractivity contribution in [3.8, 4) is 0 Å². The Hall–Kier alpha value is -1.38. The highest BCUT2D eigenvalue weighted by Crippen LogP contribution is 2.25. The number of anilines is 1. The van der Waals surface area contributed by atoms with Gasteiger partial charge in [0.25, 0.3) is 0 Å². The van der Waals surface area contributed by atoms with E-state index in [0.29, 0.717) is 5.13 Å². The smallest absolute Gasteiger partial charge is 0.345 e. The predicted molar refractivity (Wildman–Crippen MR) is 72.7 cm³/mol. The van der Waals surface area contributed by atoms with Gasteiger partial charge in [-0.05, 0) is 6.07 Å². The molecule has 5 nitrogen and oxygen atoms in total. The Labute approximate surface area is 115 Å². The molecule has 2 aromatic rings. The fraction of sp³-hybridized carbons (Fsp3) is 0.100. The van der Waals surface area contributed by atoms with Crippen LogP contribution in [0, 0.1) is 0 Å². The molecule has 0 aliphatic carbocycles. The molecule has 0 aliphatic heterocycles. The van der Waals surface area contributed by atoms with Crippen molar-refractivity contribution in [3.05, 3.63) is 27.9 Å². The number of thioether (sulfide) groups is 1. The first-order chi connectivity index (χ1) is 8.65. The van der Waals surface area contributed by atoms with E-state index in [4.69, 9.17) is 5.11 Å². The quantitative estimate of drug-likeness (QED) is 0.830. The molecule has 0 atom stereocenters. The molecule has 0 aliphatic rings. The Morgan fingerprint density at radius 3 is 2.89 bits per heavy atom. The van der Waals surface area contributed by atoms with Crippen LogP contribution < -0.4 is 5.32 Å². The molecule has 1 amide bonds. The minimum Gasteiger partial charge on any atom is -0.477 e. The Morgan fingerprint density at radius 2 is 2.28 bits per heavy atom. The van der Waals surface area contributed by atoms with Crippen LogP contribution in [0.2, 0.25) is 0 Å². The third-order valence-corrected chi connectivity index (χ3v) is 4.57. The lowest BCUT2D eigenvalue weighted by atomic mass is 10.5. The zero-order valence-corrected chi connectivity index (χ0v) is 11.4. The SMILES string of the molecule is O=C(CSc1csc(C(=O)O)c1)Nc1nccs1. The van der Waals surface area contributed by atoms with Crippen molar-refractivity contribution in [1.82, 2.24) is 4.98 Å². The molecule has 8 heteroatoms. The number of carboxylic acid groups (broad SMARTS) is 1. The Balaban J connectivity index is 1.83. The van der Waals surface area contributed by atoms with E-state index in [0.717, 1.165) is 16.2 Å². The van der Waals surface area contributed by atoms with Crippen LogP contribution >= 0.6 is 34.4 Å². The molecule has 0 fully saturated rings. The van der Waals surface area contributed by atoms with Gasteiger partial charge in [0.2, 0.25) is 5.91 Å². The summed E-state index contributed by atoms with van der Waals surface area (Å²) in [7, 11) is 0. The van der Waals surface area contributed by atoms with Crippen molar-refractivity contribution in [3.63, 3.8) is 0 Å². The molecule has 18 heavy (non-hydrogen) atoms. The number of carbonyl (C=O) groups excluding carboxylic acids is 1. The highest BCUT2D eigenvalue weighted by Gasteiger charge is 2.09. The van der Waals surface area contributed by atoms with Gasteiger partial charge in [0.15, 0.2) is 5.13 Å². The van der Waals surface area contributed by atoms with Gasteiger partial charge in [0.1, 0.15) is 4.88 Å². The number of aromatic nitrogens is 1. The van der Waals surface area contributed by atoms with Gasteiger partial charge in [-0.3, -0.25) is 4.79 Å². The van der Waals surface area contributed by atoms with Crippen LogP contribution in [0.15, 0.2) is 27.9 Å². The van der Waals surface area contributed by atoms with Gasteiger partial charge in [-0.1, -0.05) is 0 Å². The molecular weight excluding hydrogens is 292 g/mol. The van der Waals surface area contributed by atoms with E-state index in [2.05, 4.69) is 10.3 Å². The maximum Gasteiger partial charge on any atom is 0.345 e.